The average Bonchev–Trinajstić information content (AvgIpc) is 3.63. The van der Waals surface area contributed by atoms with Crippen molar-refractivity contribution < 1.29 is 8.78 Å². The molecule has 5 heterocycles. The summed E-state index contributed by atoms with van der Waals surface area (Å²) in [6.07, 6.45) is 6.70. The number of aryl methyl sites for hydroxylation is 1. The molecule has 42 heavy (non-hydrogen) atoms. The van der Waals surface area contributed by atoms with Crippen LogP contribution in [-0.4, -0.2) is 62.1 Å². The summed E-state index contributed by atoms with van der Waals surface area (Å²) < 4.78 is 32.0. The summed E-state index contributed by atoms with van der Waals surface area (Å²) >= 11 is 0. The molecule has 4 aromatic rings. The van der Waals surface area contributed by atoms with Crippen LogP contribution in [0.4, 0.5) is 20.5 Å². The number of nitrogens with zero attached hydrogens (tertiary/aromatic N) is 6. The van der Waals surface area contributed by atoms with Crippen molar-refractivity contribution in [3.63, 3.8) is 0 Å². The maximum atomic E-state index is 15.1. The SMILES string of the molecule is CCN1CCC([C@H](c2ccc(Nc3ncc(F)c(-c4cc(F)c5nc(C)n(C(C)C)c5c4)n3)nc2)C2CCNC2)CC1. The van der Waals surface area contributed by atoms with Crippen LogP contribution < -0.4 is 10.6 Å². The number of rotatable bonds is 8. The number of benzene rings is 1. The molecule has 10 heteroatoms. The second-order valence-electron chi connectivity index (χ2n) is 12.0. The highest BCUT2D eigenvalue weighted by Gasteiger charge is 2.34. The molecule has 0 amide bonds. The molecule has 1 unspecified atom stereocenters. The highest BCUT2D eigenvalue weighted by molar-refractivity contribution is 5.83. The van der Waals surface area contributed by atoms with E-state index < -0.39 is 11.6 Å². The number of pyridine rings is 1. The Morgan fingerprint density at radius 3 is 2.48 bits per heavy atom. The van der Waals surface area contributed by atoms with Gasteiger partial charge in [-0.2, -0.15) is 0 Å². The van der Waals surface area contributed by atoms with Gasteiger partial charge in [0.25, 0.3) is 0 Å². The van der Waals surface area contributed by atoms with Crippen LogP contribution in [0.1, 0.15) is 63.4 Å². The molecule has 8 nitrogen and oxygen atoms in total. The Kier molecular flexibility index (Phi) is 8.18. The molecule has 0 aliphatic carbocycles. The minimum Gasteiger partial charge on any atom is -0.326 e. The van der Waals surface area contributed by atoms with E-state index >= 15 is 4.39 Å². The van der Waals surface area contributed by atoms with Gasteiger partial charge < -0.3 is 20.1 Å². The van der Waals surface area contributed by atoms with Gasteiger partial charge in [-0.15, -0.1) is 0 Å². The minimum absolute atomic E-state index is 0.0197. The summed E-state index contributed by atoms with van der Waals surface area (Å²) in [5.74, 6) is 2.07. The Labute approximate surface area is 246 Å². The van der Waals surface area contributed by atoms with Crippen molar-refractivity contribution >= 4 is 22.8 Å². The zero-order chi connectivity index (χ0) is 29.4. The van der Waals surface area contributed by atoms with E-state index in [1.165, 1.54) is 30.9 Å². The predicted molar refractivity (Wildman–Crippen MR) is 162 cm³/mol. The summed E-state index contributed by atoms with van der Waals surface area (Å²) in [5, 5.41) is 6.68. The fourth-order valence-corrected chi connectivity index (χ4v) is 7.02. The molecule has 2 aliphatic heterocycles. The number of aromatic nitrogens is 5. The summed E-state index contributed by atoms with van der Waals surface area (Å²) in [4.78, 5) is 20.2. The highest BCUT2D eigenvalue weighted by atomic mass is 19.1. The average molecular weight is 575 g/mol. The third kappa shape index (κ3) is 5.62. The van der Waals surface area contributed by atoms with Crippen LogP contribution in [0.15, 0.2) is 36.7 Å². The Balaban J connectivity index is 1.25. The van der Waals surface area contributed by atoms with E-state index in [1.54, 1.807) is 6.07 Å². The first-order valence-electron chi connectivity index (χ1n) is 15.2. The van der Waals surface area contributed by atoms with E-state index in [0.717, 1.165) is 38.9 Å². The number of anilines is 2. The third-order valence-electron chi connectivity index (χ3n) is 9.06. The number of halogens is 2. The normalized spacial score (nSPS) is 19.2. The van der Waals surface area contributed by atoms with Crippen LogP contribution >= 0.6 is 0 Å². The lowest BCUT2D eigenvalue weighted by molar-refractivity contribution is 0.157. The molecule has 222 valence electrons. The van der Waals surface area contributed by atoms with Gasteiger partial charge in [-0.3, -0.25) is 0 Å². The second kappa shape index (κ2) is 12.0. The van der Waals surface area contributed by atoms with Crippen LogP contribution in [0.3, 0.4) is 0 Å². The Hall–Kier alpha value is -3.50. The number of hydrogen-bond donors (Lipinski definition) is 2. The molecule has 0 spiro atoms. The van der Waals surface area contributed by atoms with Crippen LogP contribution in [-0.2, 0) is 0 Å². The van der Waals surface area contributed by atoms with Crippen LogP contribution in [0.5, 0.6) is 0 Å². The number of fused-ring (bicyclic) bond motifs is 1. The standard InChI is InChI=1S/C32H40F2N8/c1-5-41-12-9-21(10-13-41)29(23-8-11-35-16-23)22-6-7-28(36-17-22)39-32-37-18-26(34)30(40-32)24-14-25(33)31-27(15-24)42(19(2)3)20(4)38-31/h6-7,14-15,17-19,21,23,29,35H,5,8-13,16H2,1-4H3,(H,36,37,39,40)/t23?,29-/m1/s1. The highest BCUT2D eigenvalue weighted by Crippen LogP contribution is 2.40. The Morgan fingerprint density at radius 1 is 1.00 bits per heavy atom. The fourth-order valence-electron chi connectivity index (χ4n) is 7.02. The zero-order valence-electron chi connectivity index (χ0n) is 24.9. The molecule has 2 aliphatic rings. The van der Waals surface area contributed by atoms with Gasteiger partial charge in [-0.05, 0) is 114 Å². The van der Waals surface area contributed by atoms with Gasteiger partial charge in [0.05, 0.1) is 11.7 Å². The molecule has 0 bridgehead atoms. The summed E-state index contributed by atoms with van der Waals surface area (Å²) in [7, 11) is 0. The first kappa shape index (κ1) is 28.6. The van der Waals surface area contributed by atoms with E-state index in [2.05, 4.69) is 43.5 Å². The summed E-state index contributed by atoms with van der Waals surface area (Å²) in [5.41, 5.74) is 2.49. The fraction of sp³-hybridized carbons (Fsp3) is 0.500. The van der Waals surface area contributed by atoms with Crippen LogP contribution in [0.2, 0.25) is 0 Å². The smallest absolute Gasteiger partial charge is 0.229 e. The van der Waals surface area contributed by atoms with Gasteiger partial charge >= 0.3 is 0 Å². The van der Waals surface area contributed by atoms with Crippen LogP contribution in [0.25, 0.3) is 22.3 Å². The summed E-state index contributed by atoms with van der Waals surface area (Å²) in [6, 6.07) is 7.20. The quantitative estimate of drug-likeness (QED) is 0.258. The zero-order valence-corrected chi connectivity index (χ0v) is 24.9. The van der Waals surface area contributed by atoms with E-state index in [0.29, 0.717) is 40.5 Å². The number of imidazole rings is 1. The molecule has 0 radical (unpaired) electrons. The van der Waals surface area contributed by atoms with E-state index in [1.807, 2.05) is 37.6 Å². The largest absolute Gasteiger partial charge is 0.326 e. The second-order valence-corrected chi connectivity index (χ2v) is 12.0. The van der Waals surface area contributed by atoms with E-state index in [9.17, 15) is 4.39 Å². The van der Waals surface area contributed by atoms with Gasteiger partial charge in [-0.1, -0.05) is 13.0 Å². The summed E-state index contributed by atoms with van der Waals surface area (Å²) in [6.45, 7) is 13.6. The lowest BCUT2D eigenvalue weighted by Crippen LogP contribution is -2.37. The Bertz CT molecular complexity index is 1540. The first-order chi connectivity index (χ1) is 20.3. The van der Waals surface area contributed by atoms with E-state index in [-0.39, 0.29) is 23.2 Å². The van der Waals surface area contributed by atoms with Crippen molar-refractivity contribution in [3.8, 4) is 11.3 Å². The van der Waals surface area contributed by atoms with Crippen molar-refractivity contribution in [1.82, 2.24) is 34.7 Å². The number of piperidine rings is 1. The van der Waals surface area contributed by atoms with Gasteiger partial charge in [0.2, 0.25) is 5.95 Å². The molecule has 2 saturated heterocycles. The maximum absolute atomic E-state index is 15.1. The number of likely N-dealkylation sites (tertiary alicyclic amines) is 1. The minimum atomic E-state index is -0.628. The topological polar surface area (TPSA) is 83.8 Å². The number of hydrogen-bond acceptors (Lipinski definition) is 7. The van der Waals surface area contributed by atoms with Crippen molar-refractivity contribution in [2.24, 2.45) is 11.8 Å². The van der Waals surface area contributed by atoms with E-state index in [4.69, 9.17) is 4.98 Å². The van der Waals surface area contributed by atoms with Crippen molar-refractivity contribution in [2.75, 3.05) is 38.0 Å². The van der Waals surface area contributed by atoms with Gasteiger partial charge in [0.1, 0.15) is 22.9 Å². The maximum Gasteiger partial charge on any atom is 0.229 e. The Morgan fingerprint density at radius 2 is 1.81 bits per heavy atom. The molecule has 2 N–H and O–H groups in total. The van der Waals surface area contributed by atoms with Crippen LogP contribution in [0, 0.1) is 30.4 Å². The van der Waals surface area contributed by atoms with Crippen molar-refractivity contribution in [1.29, 1.82) is 0 Å². The monoisotopic (exact) mass is 574 g/mol. The van der Waals surface area contributed by atoms with Gasteiger partial charge in [-0.25, -0.2) is 28.7 Å². The van der Waals surface area contributed by atoms with Gasteiger partial charge in [0.15, 0.2) is 11.6 Å². The molecular formula is C32H40F2N8. The lowest BCUT2D eigenvalue weighted by Gasteiger charge is -2.38. The molecule has 2 fully saturated rings. The molecule has 1 aromatic carbocycles. The van der Waals surface area contributed by atoms with Crippen molar-refractivity contribution in [3.05, 3.63) is 59.7 Å². The molecule has 0 saturated carbocycles. The molecular weight excluding hydrogens is 534 g/mol. The molecule has 3 aromatic heterocycles. The van der Waals surface area contributed by atoms with Crippen molar-refractivity contribution in [2.45, 2.75) is 58.9 Å². The third-order valence-corrected chi connectivity index (χ3v) is 9.06. The van der Waals surface area contributed by atoms with Gasteiger partial charge in [0, 0.05) is 17.8 Å². The molecule has 6 rings (SSSR count). The predicted octanol–water partition coefficient (Wildman–Crippen LogP) is 6.22. The lowest BCUT2D eigenvalue weighted by atomic mass is 9.73. The molecule has 2 atom stereocenters. The number of nitrogens with one attached hydrogen (secondary N) is 2. The first-order valence-corrected chi connectivity index (χ1v) is 15.2.